The third kappa shape index (κ3) is 4.23. The average molecular weight is 320 g/mol. The van der Waals surface area contributed by atoms with Gasteiger partial charge in [0.25, 0.3) is 5.91 Å². The van der Waals surface area contributed by atoms with Crippen molar-refractivity contribution in [2.45, 2.75) is 0 Å². The van der Waals surface area contributed by atoms with E-state index in [4.69, 9.17) is 9.47 Å². The van der Waals surface area contributed by atoms with E-state index in [2.05, 4.69) is 10.6 Å². The first-order valence-corrected chi connectivity index (χ1v) is 7.35. The first-order chi connectivity index (χ1) is 10.6. The first-order valence-electron chi connectivity index (χ1n) is 6.47. The standard InChI is InChI=1S/C15H16N2O4S/c1-20-11-6-10(7-12(8-11)21-2)17-14(18)9-16-15(19)13-4-3-5-22-13/h3-8H,9H2,1-2H3,(H,16,19)(H,17,18). The quantitative estimate of drug-likeness (QED) is 0.855. The second-order valence-electron chi connectivity index (χ2n) is 4.31. The molecule has 1 aromatic carbocycles. The number of hydrogen-bond acceptors (Lipinski definition) is 5. The van der Waals surface area contributed by atoms with Crippen molar-refractivity contribution in [3.05, 3.63) is 40.6 Å². The molecule has 0 spiro atoms. The Labute approximate surface area is 132 Å². The molecule has 0 saturated heterocycles. The number of anilines is 1. The van der Waals surface area contributed by atoms with E-state index in [1.807, 2.05) is 0 Å². The van der Waals surface area contributed by atoms with Gasteiger partial charge in [0.15, 0.2) is 0 Å². The summed E-state index contributed by atoms with van der Waals surface area (Å²) in [6.45, 7) is -0.115. The number of nitrogens with one attached hydrogen (secondary N) is 2. The maximum atomic E-state index is 11.9. The van der Waals surface area contributed by atoms with Gasteiger partial charge in [-0.05, 0) is 11.4 Å². The van der Waals surface area contributed by atoms with E-state index in [1.165, 1.54) is 25.6 Å². The molecule has 1 aromatic heterocycles. The summed E-state index contributed by atoms with van der Waals surface area (Å²) in [4.78, 5) is 24.2. The summed E-state index contributed by atoms with van der Waals surface area (Å²) < 4.78 is 10.3. The summed E-state index contributed by atoms with van der Waals surface area (Å²) in [5.74, 6) is 0.531. The molecule has 7 heteroatoms. The number of methoxy groups -OCH3 is 2. The van der Waals surface area contributed by atoms with Crippen LogP contribution < -0.4 is 20.1 Å². The molecular formula is C15H16N2O4S. The molecule has 0 bridgehead atoms. The van der Waals surface area contributed by atoms with Crippen LogP contribution in [0.5, 0.6) is 11.5 Å². The van der Waals surface area contributed by atoms with Crippen LogP contribution in [0.4, 0.5) is 5.69 Å². The van der Waals surface area contributed by atoms with Gasteiger partial charge >= 0.3 is 0 Å². The van der Waals surface area contributed by atoms with E-state index in [0.717, 1.165) is 0 Å². The van der Waals surface area contributed by atoms with Crippen molar-refractivity contribution in [2.75, 3.05) is 26.1 Å². The van der Waals surface area contributed by atoms with Crippen molar-refractivity contribution in [3.8, 4) is 11.5 Å². The van der Waals surface area contributed by atoms with Gasteiger partial charge in [0, 0.05) is 23.9 Å². The molecule has 0 aliphatic rings. The molecule has 0 radical (unpaired) electrons. The number of thiophene rings is 1. The zero-order chi connectivity index (χ0) is 15.9. The summed E-state index contributed by atoms with van der Waals surface area (Å²) in [6, 6.07) is 8.52. The Kier molecular flexibility index (Phi) is 5.37. The highest BCUT2D eigenvalue weighted by Crippen LogP contribution is 2.25. The fourth-order valence-electron chi connectivity index (χ4n) is 1.74. The number of carbonyl (C=O) groups is 2. The van der Waals surface area contributed by atoms with Gasteiger partial charge in [0.1, 0.15) is 11.5 Å². The number of rotatable bonds is 6. The number of benzene rings is 1. The lowest BCUT2D eigenvalue weighted by atomic mass is 10.2. The van der Waals surface area contributed by atoms with Crippen LogP contribution in [0.15, 0.2) is 35.7 Å². The molecule has 0 aliphatic heterocycles. The third-order valence-corrected chi connectivity index (χ3v) is 3.66. The third-order valence-electron chi connectivity index (χ3n) is 2.79. The minimum atomic E-state index is -0.333. The van der Waals surface area contributed by atoms with E-state index in [-0.39, 0.29) is 18.4 Å². The van der Waals surface area contributed by atoms with Gasteiger partial charge in [-0.25, -0.2) is 0 Å². The summed E-state index contributed by atoms with van der Waals surface area (Å²) >= 11 is 1.32. The van der Waals surface area contributed by atoms with Gasteiger partial charge < -0.3 is 20.1 Å². The lowest BCUT2D eigenvalue weighted by Crippen LogP contribution is -2.32. The molecule has 2 amide bonds. The Morgan fingerprint density at radius 2 is 1.82 bits per heavy atom. The molecule has 22 heavy (non-hydrogen) atoms. The van der Waals surface area contributed by atoms with Crippen molar-refractivity contribution in [1.29, 1.82) is 0 Å². The highest BCUT2D eigenvalue weighted by Gasteiger charge is 2.10. The molecular weight excluding hydrogens is 304 g/mol. The molecule has 6 nitrogen and oxygen atoms in total. The monoisotopic (exact) mass is 320 g/mol. The van der Waals surface area contributed by atoms with Crippen molar-refractivity contribution < 1.29 is 19.1 Å². The Morgan fingerprint density at radius 1 is 1.14 bits per heavy atom. The molecule has 2 rings (SSSR count). The van der Waals surface area contributed by atoms with E-state index in [0.29, 0.717) is 22.1 Å². The Hall–Kier alpha value is -2.54. The second kappa shape index (κ2) is 7.46. The Bertz CT molecular complexity index is 633. The van der Waals surface area contributed by atoms with Crippen LogP contribution >= 0.6 is 11.3 Å². The topological polar surface area (TPSA) is 76.7 Å². The normalized spacial score (nSPS) is 9.91. The van der Waals surface area contributed by atoms with Gasteiger partial charge in [-0.3, -0.25) is 9.59 Å². The van der Waals surface area contributed by atoms with E-state index in [1.54, 1.807) is 35.7 Å². The van der Waals surface area contributed by atoms with Crippen LogP contribution in [0.25, 0.3) is 0 Å². The van der Waals surface area contributed by atoms with Crippen LogP contribution in [0.1, 0.15) is 9.67 Å². The maximum absolute atomic E-state index is 11.9. The predicted molar refractivity (Wildman–Crippen MR) is 84.8 cm³/mol. The highest BCUT2D eigenvalue weighted by molar-refractivity contribution is 7.12. The predicted octanol–water partition coefficient (Wildman–Crippen LogP) is 2.13. The van der Waals surface area contributed by atoms with Gasteiger partial charge in [0.05, 0.1) is 25.6 Å². The second-order valence-corrected chi connectivity index (χ2v) is 5.26. The largest absolute Gasteiger partial charge is 0.497 e. The fraction of sp³-hybridized carbons (Fsp3) is 0.200. The van der Waals surface area contributed by atoms with Crippen molar-refractivity contribution >= 4 is 28.8 Å². The molecule has 0 saturated carbocycles. The summed E-state index contributed by atoms with van der Waals surface area (Å²) in [6.07, 6.45) is 0. The Morgan fingerprint density at radius 3 is 2.36 bits per heavy atom. The Balaban J connectivity index is 1.93. The minimum Gasteiger partial charge on any atom is -0.497 e. The zero-order valence-electron chi connectivity index (χ0n) is 12.2. The van der Waals surface area contributed by atoms with Crippen LogP contribution in [0.3, 0.4) is 0 Å². The molecule has 0 unspecified atom stereocenters. The molecule has 1 heterocycles. The van der Waals surface area contributed by atoms with Crippen LogP contribution in [-0.4, -0.2) is 32.6 Å². The fourth-order valence-corrected chi connectivity index (χ4v) is 2.38. The zero-order valence-corrected chi connectivity index (χ0v) is 13.0. The van der Waals surface area contributed by atoms with Crippen molar-refractivity contribution in [2.24, 2.45) is 0 Å². The van der Waals surface area contributed by atoms with E-state index < -0.39 is 0 Å². The van der Waals surface area contributed by atoms with Gasteiger partial charge in [-0.15, -0.1) is 11.3 Å². The number of ether oxygens (including phenoxy) is 2. The summed E-state index contributed by atoms with van der Waals surface area (Å²) in [5, 5.41) is 7.04. The van der Waals surface area contributed by atoms with Gasteiger partial charge in [0.2, 0.25) is 5.91 Å². The molecule has 0 fully saturated rings. The van der Waals surface area contributed by atoms with Crippen molar-refractivity contribution in [3.63, 3.8) is 0 Å². The number of carbonyl (C=O) groups excluding carboxylic acids is 2. The molecule has 2 aromatic rings. The van der Waals surface area contributed by atoms with E-state index in [9.17, 15) is 9.59 Å². The molecule has 0 atom stereocenters. The highest BCUT2D eigenvalue weighted by atomic mass is 32.1. The SMILES string of the molecule is COc1cc(NC(=O)CNC(=O)c2cccs2)cc(OC)c1. The van der Waals surface area contributed by atoms with Gasteiger partial charge in [-0.1, -0.05) is 6.07 Å². The molecule has 2 N–H and O–H groups in total. The smallest absolute Gasteiger partial charge is 0.261 e. The van der Waals surface area contributed by atoms with Crippen LogP contribution in [0, 0.1) is 0 Å². The van der Waals surface area contributed by atoms with Crippen LogP contribution in [0.2, 0.25) is 0 Å². The van der Waals surface area contributed by atoms with Crippen LogP contribution in [-0.2, 0) is 4.79 Å². The minimum absolute atomic E-state index is 0.115. The van der Waals surface area contributed by atoms with Gasteiger partial charge in [-0.2, -0.15) is 0 Å². The number of amides is 2. The summed E-state index contributed by atoms with van der Waals surface area (Å²) in [7, 11) is 3.06. The first kappa shape index (κ1) is 15.8. The molecule has 116 valence electrons. The van der Waals surface area contributed by atoms with E-state index >= 15 is 0 Å². The average Bonchev–Trinajstić information content (AvgIpc) is 3.06. The molecule has 0 aliphatic carbocycles. The number of hydrogen-bond donors (Lipinski definition) is 2. The van der Waals surface area contributed by atoms with Crippen molar-refractivity contribution in [1.82, 2.24) is 5.32 Å². The summed E-state index contributed by atoms with van der Waals surface area (Å²) in [5.41, 5.74) is 0.534. The lowest BCUT2D eigenvalue weighted by Gasteiger charge is -2.10. The maximum Gasteiger partial charge on any atom is 0.261 e. The lowest BCUT2D eigenvalue weighted by molar-refractivity contribution is -0.115.